The van der Waals surface area contributed by atoms with Crippen molar-refractivity contribution in [3.05, 3.63) is 24.0 Å². The Balaban J connectivity index is 2.67. The number of nitrogen functional groups attached to an aromatic ring is 1. The van der Waals surface area contributed by atoms with Crippen LogP contribution in [0.5, 0.6) is 11.5 Å². The number of aromatic nitrogens is 1. The minimum absolute atomic E-state index is 0.143. The smallest absolute Gasteiger partial charge is 0.270 e. The molecule has 0 unspecified atom stereocenters. The normalized spacial score (nSPS) is 10.4. The standard InChI is InChI=1S/C14H17N3O4/c1-20-10-7-9(15)11-8(13(10)21-2)3-4-16-12(11)14(19)17-5-6-18/h3-4,7,18H,5-6,15H2,1-2H3,(H,17,19). The first-order valence-electron chi connectivity index (χ1n) is 6.32. The van der Waals surface area contributed by atoms with Crippen molar-refractivity contribution in [3.8, 4) is 11.5 Å². The van der Waals surface area contributed by atoms with Crippen molar-refractivity contribution in [3.63, 3.8) is 0 Å². The van der Waals surface area contributed by atoms with Crippen LogP contribution < -0.4 is 20.5 Å². The Morgan fingerprint density at radius 2 is 2.19 bits per heavy atom. The lowest BCUT2D eigenvalue weighted by Crippen LogP contribution is -2.27. The molecule has 0 spiro atoms. The van der Waals surface area contributed by atoms with Crippen molar-refractivity contribution in [1.82, 2.24) is 10.3 Å². The van der Waals surface area contributed by atoms with Crippen LogP contribution in [0.4, 0.5) is 5.69 Å². The van der Waals surface area contributed by atoms with E-state index in [1.54, 1.807) is 12.1 Å². The van der Waals surface area contributed by atoms with Gasteiger partial charge < -0.3 is 25.6 Å². The largest absolute Gasteiger partial charge is 0.493 e. The molecule has 2 aromatic rings. The summed E-state index contributed by atoms with van der Waals surface area (Å²) in [5.41, 5.74) is 6.56. The summed E-state index contributed by atoms with van der Waals surface area (Å²) < 4.78 is 10.6. The van der Waals surface area contributed by atoms with Gasteiger partial charge >= 0.3 is 0 Å². The van der Waals surface area contributed by atoms with Crippen LogP contribution in [0.1, 0.15) is 10.5 Å². The third kappa shape index (κ3) is 2.68. The quantitative estimate of drug-likeness (QED) is 0.695. The molecule has 1 aromatic carbocycles. The summed E-state index contributed by atoms with van der Waals surface area (Å²) in [6, 6.07) is 3.29. The van der Waals surface area contributed by atoms with E-state index in [0.29, 0.717) is 28.0 Å². The van der Waals surface area contributed by atoms with E-state index in [1.807, 2.05) is 0 Å². The van der Waals surface area contributed by atoms with Crippen LogP contribution >= 0.6 is 0 Å². The molecule has 0 aliphatic rings. The monoisotopic (exact) mass is 291 g/mol. The zero-order valence-corrected chi connectivity index (χ0v) is 11.8. The number of pyridine rings is 1. The summed E-state index contributed by atoms with van der Waals surface area (Å²) in [5.74, 6) is 0.560. The SMILES string of the molecule is COc1cc(N)c2c(C(=O)NCCO)nccc2c1OC. The second-order valence-corrected chi connectivity index (χ2v) is 4.26. The Kier molecular flexibility index (Phi) is 4.44. The molecule has 0 aliphatic carbocycles. The van der Waals surface area contributed by atoms with Crippen LogP contribution in [0.3, 0.4) is 0 Å². The van der Waals surface area contributed by atoms with Crippen molar-refractivity contribution in [2.45, 2.75) is 0 Å². The highest BCUT2D eigenvalue weighted by Gasteiger charge is 2.19. The first-order chi connectivity index (χ1) is 10.1. The molecule has 21 heavy (non-hydrogen) atoms. The van der Waals surface area contributed by atoms with Crippen LogP contribution in [-0.2, 0) is 0 Å². The average Bonchev–Trinajstić information content (AvgIpc) is 2.51. The van der Waals surface area contributed by atoms with Crippen molar-refractivity contribution in [1.29, 1.82) is 0 Å². The number of benzene rings is 1. The first-order valence-corrected chi connectivity index (χ1v) is 6.32. The number of anilines is 1. The van der Waals surface area contributed by atoms with Gasteiger partial charge in [0, 0.05) is 35.3 Å². The molecule has 0 fully saturated rings. The fraction of sp³-hybridized carbons (Fsp3) is 0.286. The molecule has 0 atom stereocenters. The maximum absolute atomic E-state index is 12.1. The minimum atomic E-state index is -0.409. The summed E-state index contributed by atoms with van der Waals surface area (Å²) >= 11 is 0. The van der Waals surface area contributed by atoms with Crippen molar-refractivity contribution in [2.75, 3.05) is 33.1 Å². The van der Waals surface area contributed by atoms with Gasteiger partial charge in [-0.2, -0.15) is 0 Å². The highest BCUT2D eigenvalue weighted by atomic mass is 16.5. The van der Waals surface area contributed by atoms with Gasteiger partial charge in [0.1, 0.15) is 5.69 Å². The fourth-order valence-electron chi connectivity index (χ4n) is 2.14. The molecule has 0 aliphatic heterocycles. The number of ether oxygens (including phenoxy) is 2. The molecule has 112 valence electrons. The van der Waals surface area contributed by atoms with Gasteiger partial charge in [0.15, 0.2) is 11.5 Å². The Labute approximate surface area is 121 Å². The van der Waals surface area contributed by atoms with Crippen molar-refractivity contribution in [2.24, 2.45) is 0 Å². The van der Waals surface area contributed by atoms with Crippen LogP contribution in [-0.4, -0.2) is 43.4 Å². The van der Waals surface area contributed by atoms with E-state index in [4.69, 9.17) is 20.3 Å². The third-order valence-electron chi connectivity index (χ3n) is 3.03. The molecular formula is C14H17N3O4. The van der Waals surface area contributed by atoms with Gasteiger partial charge in [-0.25, -0.2) is 0 Å². The number of hydrogen-bond donors (Lipinski definition) is 3. The minimum Gasteiger partial charge on any atom is -0.493 e. The van der Waals surface area contributed by atoms with E-state index >= 15 is 0 Å². The van der Waals surface area contributed by atoms with E-state index in [-0.39, 0.29) is 18.8 Å². The number of fused-ring (bicyclic) bond motifs is 1. The average molecular weight is 291 g/mol. The van der Waals surface area contributed by atoms with E-state index in [1.165, 1.54) is 20.4 Å². The predicted molar refractivity (Wildman–Crippen MR) is 78.7 cm³/mol. The molecule has 0 saturated heterocycles. The zero-order valence-electron chi connectivity index (χ0n) is 11.8. The molecule has 0 saturated carbocycles. The lowest BCUT2D eigenvalue weighted by Gasteiger charge is -2.14. The number of nitrogens with one attached hydrogen (secondary N) is 1. The highest BCUT2D eigenvalue weighted by molar-refractivity contribution is 6.12. The van der Waals surface area contributed by atoms with Gasteiger partial charge in [0.05, 0.1) is 20.8 Å². The van der Waals surface area contributed by atoms with Gasteiger partial charge in [-0.1, -0.05) is 0 Å². The molecule has 0 bridgehead atoms. The molecule has 1 heterocycles. The van der Waals surface area contributed by atoms with E-state index in [2.05, 4.69) is 10.3 Å². The molecule has 7 nitrogen and oxygen atoms in total. The first kappa shape index (κ1) is 14.9. The molecule has 7 heteroatoms. The second-order valence-electron chi connectivity index (χ2n) is 4.26. The number of aliphatic hydroxyl groups is 1. The maximum atomic E-state index is 12.1. The van der Waals surface area contributed by atoms with Gasteiger partial charge in [-0.05, 0) is 6.07 Å². The Morgan fingerprint density at radius 3 is 2.81 bits per heavy atom. The number of methoxy groups -OCH3 is 2. The van der Waals surface area contributed by atoms with E-state index < -0.39 is 5.91 Å². The lowest BCUT2D eigenvalue weighted by molar-refractivity contribution is 0.0941. The number of nitrogens with two attached hydrogens (primary N) is 1. The topological polar surface area (TPSA) is 107 Å². The van der Waals surface area contributed by atoms with Crippen LogP contribution in [0.25, 0.3) is 10.8 Å². The Bertz CT molecular complexity index is 673. The van der Waals surface area contributed by atoms with Gasteiger partial charge in [-0.3, -0.25) is 9.78 Å². The number of carbonyl (C=O) groups is 1. The number of amides is 1. The summed E-state index contributed by atoms with van der Waals surface area (Å²) in [4.78, 5) is 16.2. The summed E-state index contributed by atoms with van der Waals surface area (Å²) in [6.45, 7) is -0.00672. The zero-order chi connectivity index (χ0) is 15.4. The van der Waals surface area contributed by atoms with E-state index in [9.17, 15) is 4.79 Å². The van der Waals surface area contributed by atoms with Crippen molar-refractivity contribution < 1.29 is 19.4 Å². The molecule has 1 aromatic heterocycles. The highest BCUT2D eigenvalue weighted by Crippen LogP contribution is 2.39. The van der Waals surface area contributed by atoms with Crippen LogP contribution in [0.15, 0.2) is 18.3 Å². The molecule has 0 radical (unpaired) electrons. The maximum Gasteiger partial charge on any atom is 0.270 e. The molecule has 4 N–H and O–H groups in total. The Morgan fingerprint density at radius 1 is 1.43 bits per heavy atom. The number of rotatable bonds is 5. The number of aliphatic hydroxyl groups excluding tert-OH is 1. The Hall–Kier alpha value is -2.54. The van der Waals surface area contributed by atoms with Crippen molar-refractivity contribution >= 4 is 22.4 Å². The third-order valence-corrected chi connectivity index (χ3v) is 3.03. The van der Waals surface area contributed by atoms with Crippen LogP contribution in [0, 0.1) is 0 Å². The summed E-state index contributed by atoms with van der Waals surface area (Å²) in [5, 5.41) is 12.5. The number of hydrogen-bond acceptors (Lipinski definition) is 6. The molecular weight excluding hydrogens is 274 g/mol. The lowest BCUT2D eigenvalue weighted by atomic mass is 10.1. The van der Waals surface area contributed by atoms with Gasteiger partial charge in [0.25, 0.3) is 5.91 Å². The van der Waals surface area contributed by atoms with Gasteiger partial charge in [0.2, 0.25) is 0 Å². The summed E-state index contributed by atoms with van der Waals surface area (Å²) in [7, 11) is 3.03. The fourth-order valence-corrected chi connectivity index (χ4v) is 2.14. The molecule has 2 rings (SSSR count). The van der Waals surface area contributed by atoms with Gasteiger partial charge in [-0.15, -0.1) is 0 Å². The number of nitrogens with zero attached hydrogens (tertiary/aromatic N) is 1. The molecule has 1 amide bonds. The van der Waals surface area contributed by atoms with Crippen LogP contribution in [0.2, 0.25) is 0 Å². The predicted octanol–water partition coefficient (Wildman–Crippen LogP) is 0.556. The second kappa shape index (κ2) is 6.27. The van der Waals surface area contributed by atoms with E-state index in [0.717, 1.165) is 0 Å². The summed E-state index contributed by atoms with van der Waals surface area (Å²) in [6.07, 6.45) is 1.50. The number of carbonyl (C=O) groups excluding carboxylic acids is 1.